The van der Waals surface area contributed by atoms with E-state index in [2.05, 4.69) is 0 Å². The van der Waals surface area contributed by atoms with Crippen molar-refractivity contribution in [2.45, 2.75) is 17.9 Å². The topological polar surface area (TPSA) is 97.6 Å². The second-order valence-electron chi connectivity index (χ2n) is 5.11. The van der Waals surface area contributed by atoms with Gasteiger partial charge in [0.15, 0.2) is 0 Å². The molecule has 0 aliphatic heterocycles. The maximum absolute atomic E-state index is 13.1. The van der Waals surface area contributed by atoms with Gasteiger partial charge in [-0.3, -0.25) is 19.2 Å². The van der Waals surface area contributed by atoms with E-state index in [9.17, 15) is 23.3 Å². The molecule has 0 saturated heterocycles. The van der Waals surface area contributed by atoms with Crippen LogP contribution in [0.2, 0.25) is 10.0 Å². The number of nitro groups is 1. The zero-order chi connectivity index (χ0) is 19.6. The van der Waals surface area contributed by atoms with Crippen molar-refractivity contribution in [1.82, 2.24) is 0 Å². The van der Waals surface area contributed by atoms with Gasteiger partial charge in [0.2, 0.25) is 5.24 Å². The molecule has 1 atom stereocenters. The fourth-order valence-corrected chi connectivity index (χ4v) is 4.43. The predicted molar refractivity (Wildman–Crippen MR) is 99.5 cm³/mol. The summed E-state index contributed by atoms with van der Waals surface area (Å²) >= 11 is 17.6. The average Bonchev–Trinajstić information content (AvgIpc) is 2.58. The Kier molecular flexibility index (Phi) is 6.13. The molecule has 0 heterocycles. The molecule has 0 saturated carbocycles. The van der Waals surface area contributed by atoms with Crippen LogP contribution in [0.4, 0.5) is 11.4 Å². The number of anilines is 1. The van der Waals surface area contributed by atoms with Crippen LogP contribution >= 0.6 is 34.8 Å². The Balaban J connectivity index is 2.72. The van der Waals surface area contributed by atoms with E-state index in [0.29, 0.717) is 4.31 Å². The molecule has 1 unspecified atom stereocenters. The second kappa shape index (κ2) is 7.79. The number of benzene rings is 2. The lowest BCUT2D eigenvalue weighted by Crippen LogP contribution is -2.42. The first-order valence-corrected chi connectivity index (χ1v) is 9.57. The number of halogens is 3. The monoisotopic (exact) mass is 436 g/mol. The summed E-state index contributed by atoms with van der Waals surface area (Å²) < 4.78 is 26.9. The quantitative estimate of drug-likeness (QED) is 0.382. The molecule has 0 fully saturated rings. The van der Waals surface area contributed by atoms with Crippen molar-refractivity contribution in [3.8, 4) is 0 Å². The number of rotatable bonds is 6. The molecule has 2 aromatic carbocycles. The number of non-ortho nitro benzene ring substituents is 1. The molecule has 2 aromatic rings. The van der Waals surface area contributed by atoms with Gasteiger partial charge in [0.05, 0.1) is 25.6 Å². The number of carbonyl (C=O) groups is 1. The van der Waals surface area contributed by atoms with E-state index in [1.165, 1.54) is 37.3 Å². The molecule has 0 radical (unpaired) electrons. The predicted octanol–water partition coefficient (Wildman–Crippen LogP) is 4.25. The highest BCUT2D eigenvalue weighted by molar-refractivity contribution is 7.93. The molecular formula is C15H11Cl3N2O5S. The minimum Gasteiger partial charge on any atom is -0.279 e. The zero-order valence-electron chi connectivity index (χ0n) is 13.1. The van der Waals surface area contributed by atoms with Crippen molar-refractivity contribution in [2.24, 2.45) is 0 Å². The average molecular weight is 438 g/mol. The zero-order valence-corrected chi connectivity index (χ0v) is 16.2. The van der Waals surface area contributed by atoms with Gasteiger partial charge in [0.25, 0.3) is 15.7 Å². The van der Waals surface area contributed by atoms with Crippen LogP contribution in [0.1, 0.15) is 6.92 Å². The molecule has 0 spiro atoms. The third-order valence-electron chi connectivity index (χ3n) is 3.43. The standard InChI is InChI=1S/C15H11Cl3N2O5S/c1-9(15(18)21)19(13-7-3-6-12(16)14(13)17)26(24,25)11-5-2-4-10(8-11)20(22)23/h2-9H,1H3. The highest BCUT2D eigenvalue weighted by Gasteiger charge is 2.35. The van der Waals surface area contributed by atoms with Crippen molar-refractivity contribution in [2.75, 3.05) is 4.31 Å². The summed E-state index contributed by atoms with van der Waals surface area (Å²) in [6.45, 7) is 1.27. The number of hydrogen-bond donors (Lipinski definition) is 0. The minimum absolute atomic E-state index is 0.0673. The first-order valence-electron chi connectivity index (χ1n) is 6.99. The van der Waals surface area contributed by atoms with Crippen molar-refractivity contribution in [3.63, 3.8) is 0 Å². The molecule has 2 rings (SSSR count). The van der Waals surface area contributed by atoms with E-state index in [1.54, 1.807) is 0 Å². The van der Waals surface area contributed by atoms with Gasteiger partial charge < -0.3 is 0 Å². The largest absolute Gasteiger partial charge is 0.279 e. The van der Waals surface area contributed by atoms with Gasteiger partial charge in [0, 0.05) is 12.1 Å². The molecule has 0 N–H and O–H groups in total. The molecule has 0 aliphatic carbocycles. The Morgan fingerprint density at radius 3 is 2.38 bits per heavy atom. The van der Waals surface area contributed by atoms with Gasteiger partial charge in [-0.2, -0.15) is 0 Å². The molecule has 0 aromatic heterocycles. The number of sulfonamides is 1. The van der Waals surface area contributed by atoms with Crippen LogP contribution in [0.15, 0.2) is 47.4 Å². The van der Waals surface area contributed by atoms with Crippen molar-refractivity contribution in [3.05, 3.63) is 62.6 Å². The fraction of sp³-hybridized carbons (Fsp3) is 0.133. The van der Waals surface area contributed by atoms with E-state index in [0.717, 1.165) is 12.1 Å². The van der Waals surface area contributed by atoms with E-state index in [4.69, 9.17) is 34.8 Å². The van der Waals surface area contributed by atoms with E-state index < -0.39 is 36.8 Å². The van der Waals surface area contributed by atoms with Crippen LogP contribution in [-0.2, 0) is 14.8 Å². The molecule has 26 heavy (non-hydrogen) atoms. The fourth-order valence-electron chi connectivity index (χ4n) is 2.17. The Morgan fingerprint density at radius 1 is 1.19 bits per heavy atom. The van der Waals surface area contributed by atoms with E-state index in [-0.39, 0.29) is 15.7 Å². The van der Waals surface area contributed by atoms with Crippen LogP contribution in [0.3, 0.4) is 0 Å². The Hall–Kier alpha value is -1.87. The van der Waals surface area contributed by atoms with Gasteiger partial charge in [-0.25, -0.2) is 8.42 Å². The van der Waals surface area contributed by atoms with Crippen molar-refractivity contribution in [1.29, 1.82) is 0 Å². The van der Waals surface area contributed by atoms with Crippen LogP contribution in [0.5, 0.6) is 0 Å². The molecule has 11 heteroatoms. The summed E-state index contributed by atoms with van der Waals surface area (Å²) in [5.41, 5.74) is -0.500. The first-order chi connectivity index (χ1) is 12.1. The Bertz CT molecular complexity index is 981. The maximum Gasteiger partial charge on any atom is 0.270 e. The summed E-state index contributed by atoms with van der Waals surface area (Å²) in [5.74, 6) is 0. The van der Waals surface area contributed by atoms with Gasteiger partial charge in [-0.05, 0) is 36.7 Å². The van der Waals surface area contributed by atoms with Gasteiger partial charge >= 0.3 is 0 Å². The van der Waals surface area contributed by atoms with Crippen LogP contribution in [0.25, 0.3) is 0 Å². The molecular weight excluding hydrogens is 427 g/mol. The van der Waals surface area contributed by atoms with Crippen LogP contribution in [-0.4, -0.2) is 24.6 Å². The van der Waals surface area contributed by atoms with Crippen LogP contribution < -0.4 is 4.31 Å². The lowest BCUT2D eigenvalue weighted by Gasteiger charge is -2.29. The molecule has 0 bridgehead atoms. The SMILES string of the molecule is CC(C(=O)Cl)N(c1cccc(Cl)c1Cl)S(=O)(=O)c1cccc([N+](=O)[O-])c1. The highest BCUT2D eigenvalue weighted by Crippen LogP contribution is 2.37. The summed E-state index contributed by atoms with van der Waals surface area (Å²) in [6.07, 6.45) is 0. The summed E-state index contributed by atoms with van der Waals surface area (Å²) in [4.78, 5) is 21.5. The molecule has 7 nitrogen and oxygen atoms in total. The van der Waals surface area contributed by atoms with Crippen LogP contribution in [0, 0.1) is 10.1 Å². The lowest BCUT2D eigenvalue weighted by atomic mass is 10.3. The lowest BCUT2D eigenvalue weighted by molar-refractivity contribution is -0.385. The summed E-state index contributed by atoms with van der Waals surface area (Å²) in [6, 6.07) is 7.31. The Morgan fingerprint density at radius 2 is 1.81 bits per heavy atom. The summed E-state index contributed by atoms with van der Waals surface area (Å²) in [5, 5.41) is 9.94. The molecule has 0 aliphatic rings. The number of carbonyl (C=O) groups excluding carboxylic acids is 1. The number of hydrogen-bond acceptors (Lipinski definition) is 5. The molecule has 138 valence electrons. The normalized spacial score (nSPS) is 12.5. The van der Waals surface area contributed by atoms with Crippen molar-refractivity contribution < 1.29 is 18.1 Å². The van der Waals surface area contributed by atoms with Gasteiger partial charge in [-0.15, -0.1) is 0 Å². The third-order valence-corrected chi connectivity index (χ3v) is 6.44. The number of nitrogens with zero attached hydrogens (tertiary/aromatic N) is 2. The van der Waals surface area contributed by atoms with Gasteiger partial charge in [0.1, 0.15) is 6.04 Å². The third kappa shape index (κ3) is 3.93. The smallest absolute Gasteiger partial charge is 0.270 e. The second-order valence-corrected chi connectivity index (χ2v) is 8.08. The summed E-state index contributed by atoms with van der Waals surface area (Å²) in [7, 11) is -4.41. The maximum atomic E-state index is 13.1. The minimum atomic E-state index is -4.41. The van der Waals surface area contributed by atoms with E-state index in [1.807, 2.05) is 0 Å². The van der Waals surface area contributed by atoms with Gasteiger partial charge in [-0.1, -0.05) is 35.3 Å². The number of nitro benzene ring substituents is 1. The first kappa shape index (κ1) is 20.4. The highest BCUT2D eigenvalue weighted by atomic mass is 35.5. The molecule has 0 amide bonds. The Labute approximate surface area is 164 Å². The van der Waals surface area contributed by atoms with E-state index >= 15 is 0 Å². The van der Waals surface area contributed by atoms with Crippen molar-refractivity contribution >= 4 is 61.4 Å².